The van der Waals surface area contributed by atoms with Crippen LogP contribution in [0.3, 0.4) is 0 Å². The molecule has 0 N–H and O–H groups in total. The Kier molecular flexibility index (Phi) is 2.97. The number of allylic oxidation sites excluding steroid dienone is 2. The van der Waals surface area contributed by atoms with Gasteiger partial charge in [0.05, 0.1) is 17.0 Å². The van der Waals surface area contributed by atoms with Crippen molar-refractivity contribution < 1.29 is 14.0 Å². The fraction of sp³-hybridized carbons (Fsp3) is 0.800. The Balaban J connectivity index is 2.64. The Bertz CT molecular complexity index is 230. The fourth-order valence-electron chi connectivity index (χ4n) is 1.06. The van der Waals surface area contributed by atoms with E-state index in [2.05, 4.69) is 0 Å². The summed E-state index contributed by atoms with van der Waals surface area (Å²) in [5, 5.41) is 0. The third-order valence-corrected chi connectivity index (χ3v) is 2.92. The summed E-state index contributed by atoms with van der Waals surface area (Å²) in [6.07, 6.45) is 1.88. The first-order valence-corrected chi connectivity index (χ1v) is 4.94. The van der Waals surface area contributed by atoms with Gasteiger partial charge in [-0.3, -0.25) is 0 Å². The van der Waals surface area contributed by atoms with Crippen LogP contribution in [0.4, 0.5) is 0 Å². The Labute approximate surface area is 86.6 Å². The Morgan fingerprint density at radius 1 is 1.14 bits per heavy atom. The zero-order valence-electron chi connectivity index (χ0n) is 9.88. The predicted molar refractivity (Wildman–Crippen MR) is 56.6 cm³/mol. The Hall–Kier alpha value is -0.475. The molecule has 0 spiro atoms. The molecule has 1 heterocycles. The SMILES string of the molecule is C/C=C(\C)OB1OC(C)(C)C(C)(C)O1. The van der Waals surface area contributed by atoms with Crippen molar-refractivity contribution in [2.24, 2.45) is 0 Å². The van der Waals surface area contributed by atoms with Gasteiger partial charge in [-0.15, -0.1) is 0 Å². The molecule has 80 valence electrons. The lowest BCUT2D eigenvalue weighted by Crippen LogP contribution is -2.41. The second kappa shape index (κ2) is 3.59. The monoisotopic (exact) mass is 198 g/mol. The summed E-state index contributed by atoms with van der Waals surface area (Å²) in [5.74, 6) is 0.809. The van der Waals surface area contributed by atoms with Gasteiger partial charge in [0.2, 0.25) is 0 Å². The molecule has 14 heavy (non-hydrogen) atoms. The van der Waals surface area contributed by atoms with Crippen molar-refractivity contribution in [3.8, 4) is 0 Å². The summed E-state index contributed by atoms with van der Waals surface area (Å²) in [5.41, 5.74) is -0.655. The van der Waals surface area contributed by atoms with Gasteiger partial charge >= 0.3 is 7.32 Å². The zero-order chi connectivity index (χ0) is 11.0. The van der Waals surface area contributed by atoms with Crippen LogP contribution < -0.4 is 0 Å². The molecular formula is C10H19BO3. The zero-order valence-corrected chi connectivity index (χ0v) is 9.88. The molecule has 4 heteroatoms. The number of hydrogen-bond donors (Lipinski definition) is 0. The molecule has 1 rings (SSSR count). The van der Waals surface area contributed by atoms with Crippen molar-refractivity contribution >= 4 is 7.32 Å². The fourth-order valence-corrected chi connectivity index (χ4v) is 1.06. The molecule has 0 aliphatic carbocycles. The lowest BCUT2D eigenvalue weighted by molar-refractivity contribution is 0.00578. The van der Waals surface area contributed by atoms with Crippen LogP contribution in [0.1, 0.15) is 41.5 Å². The molecule has 0 aromatic carbocycles. The van der Waals surface area contributed by atoms with E-state index in [1.807, 2.05) is 47.6 Å². The van der Waals surface area contributed by atoms with E-state index in [0.717, 1.165) is 5.76 Å². The molecule has 0 radical (unpaired) electrons. The van der Waals surface area contributed by atoms with Crippen LogP contribution in [0.25, 0.3) is 0 Å². The molecule has 0 atom stereocenters. The van der Waals surface area contributed by atoms with Gasteiger partial charge in [-0.25, -0.2) is 0 Å². The minimum atomic E-state index is -0.587. The molecule has 0 bridgehead atoms. The first-order valence-electron chi connectivity index (χ1n) is 4.94. The maximum absolute atomic E-state index is 5.65. The molecule has 1 aliphatic heterocycles. The van der Waals surface area contributed by atoms with E-state index in [1.165, 1.54) is 0 Å². The predicted octanol–water partition coefficient (Wildman–Crippen LogP) is 2.52. The van der Waals surface area contributed by atoms with Gasteiger partial charge in [-0.05, 0) is 41.5 Å². The third-order valence-electron chi connectivity index (χ3n) is 2.92. The highest BCUT2D eigenvalue weighted by Crippen LogP contribution is 2.37. The molecule has 0 amide bonds. The van der Waals surface area contributed by atoms with E-state index in [0.29, 0.717) is 0 Å². The molecule has 1 aliphatic rings. The minimum Gasteiger partial charge on any atom is -0.516 e. The summed E-state index contributed by atoms with van der Waals surface area (Å²) in [7, 11) is -0.587. The second-order valence-electron chi connectivity index (χ2n) is 4.56. The first kappa shape index (κ1) is 11.6. The normalized spacial score (nSPS) is 25.3. The van der Waals surface area contributed by atoms with Crippen molar-refractivity contribution in [3.05, 3.63) is 11.8 Å². The van der Waals surface area contributed by atoms with Gasteiger partial charge < -0.3 is 14.0 Å². The number of hydrogen-bond acceptors (Lipinski definition) is 3. The Morgan fingerprint density at radius 3 is 1.93 bits per heavy atom. The van der Waals surface area contributed by atoms with Crippen molar-refractivity contribution in [1.29, 1.82) is 0 Å². The summed E-state index contributed by atoms with van der Waals surface area (Å²) in [6, 6.07) is 0. The van der Waals surface area contributed by atoms with Gasteiger partial charge in [0, 0.05) is 0 Å². The average Bonchev–Trinajstić information content (AvgIpc) is 2.20. The summed E-state index contributed by atoms with van der Waals surface area (Å²) >= 11 is 0. The maximum atomic E-state index is 5.65. The summed E-state index contributed by atoms with van der Waals surface area (Å²) in [4.78, 5) is 0. The minimum absolute atomic E-state index is 0.328. The second-order valence-corrected chi connectivity index (χ2v) is 4.56. The largest absolute Gasteiger partial charge is 0.713 e. The van der Waals surface area contributed by atoms with Gasteiger partial charge in [0.25, 0.3) is 0 Å². The van der Waals surface area contributed by atoms with Crippen molar-refractivity contribution in [2.75, 3.05) is 0 Å². The summed E-state index contributed by atoms with van der Waals surface area (Å²) < 4.78 is 16.8. The molecule has 0 aromatic rings. The third kappa shape index (κ3) is 2.12. The highest BCUT2D eigenvalue weighted by Gasteiger charge is 2.54. The van der Waals surface area contributed by atoms with Gasteiger partial charge in [0.15, 0.2) is 0 Å². The molecule has 0 aromatic heterocycles. The number of rotatable bonds is 2. The first-order chi connectivity index (χ1) is 6.28. The quantitative estimate of drug-likeness (QED) is 0.504. The van der Waals surface area contributed by atoms with Gasteiger partial charge in [-0.2, -0.15) is 0 Å². The Morgan fingerprint density at radius 2 is 1.57 bits per heavy atom. The standard InChI is InChI=1S/C10H19BO3/c1-7-8(2)12-11-13-9(3,4)10(5,6)14-11/h7H,1-6H3/b8-7+. The molecular weight excluding hydrogens is 179 g/mol. The van der Waals surface area contributed by atoms with Crippen LogP contribution >= 0.6 is 0 Å². The van der Waals surface area contributed by atoms with Crippen LogP contribution in [-0.2, 0) is 14.0 Å². The van der Waals surface area contributed by atoms with Crippen LogP contribution in [0.2, 0.25) is 0 Å². The van der Waals surface area contributed by atoms with E-state index in [9.17, 15) is 0 Å². The maximum Gasteiger partial charge on any atom is 0.713 e. The average molecular weight is 198 g/mol. The summed E-state index contributed by atoms with van der Waals surface area (Å²) in [6.45, 7) is 11.8. The lowest BCUT2D eigenvalue weighted by atomic mass is 9.90. The topological polar surface area (TPSA) is 27.7 Å². The molecule has 0 saturated carbocycles. The van der Waals surface area contributed by atoms with E-state index < -0.39 is 7.32 Å². The van der Waals surface area contributed by atoms with Crippen LogP contribution in [-0.4, -0.2) is 18.5 Å². The van der Waals surface area contributed by atoms with Crippen molar-refractivity contribution in [1.82, 2.24) is 0 Å². The molecule has 1 fully saturated rings. The van der Waals surface area contributed by atoms with E-state index >= 15 is 0 Å². The molecule has 0 unspecified atom stereocenters. The highest BCUT2D eigenvalue weighted by molar-refractivity contribution is 6.38. The van der Waals surface area contributed by atoms with Crippen LogP contribution in [0, 0.1) is 0 Å². The van der Waals surface area contributed by atoms with E-state index in [4.69, 9.17) is 14.0 Å². The van der Waals surface area contributed by atoms with Crippen LogP contribution in [0.5, 0.6) is 0 Å². The smallest absolute Gasteiger partial charge is 0.516 e. The lowest BCUT2D eigenvalue weighted by Gasteiger charge is -2.31. The van der Waals surface area contributed by atoms with Gasteiger partial charge in [-0.1, -0.05) is 6.08 Å². The van der Waals surface area contributed by atoms with E-state index in [-0.39, 0.29) is 11.2 Å². The van der Waals surface area contributed by atoms with Crippen molar-refractivity contribution in [3.63, 3.8) is 0 Å². The molecule has 3 nitrogen and oxygen atoms in total. The van der Waals surface area contributed by atoms with E-state index in [1.54, 1.807) is 0 Å². The highest BCUT2D eigenvalue weighted by atomic mass is 16.8. The van der Waals surface area contributed by atoms with Crippen LogP contribution in [0.15, 0.2) is 11.8 Å². The van der Waals surface area contributed by atoms with Gasteiger partial charge in [0.1, 0.15) is 0 Å². The van der Waals surface area contributed by atoms with Crippen molar-refractivity contribution in [2.45, 2.75) is 52.7 Å². The molecule has 1 saturated heterocycles.